The largest absolute Gasteiger partial charge is 0.326 e. The fourth-order valence-electron chi connectivity index (χ4n) is 4.55. The maximum atomic E-state index is 11.7. The molecule has 1 N–H and O–H groups in total. The maximum absolute atomic E-state index is 11.7. The lowest BCUT2D eigenvalue weighted by molar-refractivity contribution is -0.114. The smallest absolute Gasteiger partial charge is 0.221 e. The molecule has 4 aromatic carbocycles. The number of anilines is 1. The molecule has 0 unspecified atom stereocenters. The molecule has 6 heteroatoms. The van der Waals surface area contributed by atoms with E-state index in [1.165, 1.54) is 6.92 Å². The first-order valence-corrected chi connectivity index (χ1v) is 12.4. The topological polar surface area (TPSA) is 51.3 Å². The van der Waals surface area contributed by atoms with Gasteiger partial charge in [0.05, 0.1) is 17.6 Å². The van der Waals surface area contributed by atoms with Crippen molar-refractivity contribution in [2.75, 3.05) is 11.9 Å². The monoisotopic (exact) mass is 494 g/mol. The van der Waals surface area contributed by atoms with E-state index >= 15 is 0 Å². The van der Waals surface area contributed by atoms with E-state index in [2.05, 4.69) is 56.9 Å². The number of aromatic nitrogens is 2. The number of carbonyl (C=O) groups is 1. The molecule has 0 fully saturated rings. The van der Waals surface area contributed by atoms with Crippen molar-refractivity contribution in [2.45, 2.75) is 20.4 Å². The van der Waals surface area contributed by atoms with E-state index in [1.807, 2.05) is 61.5 Å². The molecule has 0 saturated heterocycles. The average Bonchev–Trinajstić information content (AvgIpc) is 3.19. The number of fused-ring (bicyclic) bond motifs is 1. The van der Waals surface area contributed by atoms with Gasteiger partial charge in [-0.05, 0) is 54.4 Å². The number of hydrogen-bond donors (Lipinski definition) is 1. The van der Waals surface area contributed by atoms with Gasteiger partial charge in [-0.3, -0.25) is 14.4 Å². The molecule has 1 heterocycles. The standard InChI is InChI=1S/C30H27ClN4O/c1-3-32-30-34(20-23-10-4-6-12-26(23)31)28-14-8-9-15-29(28)35(30)24-18-16-22(17-19-24)25-11-5-7-13-27(25)33-21(2)36/h4-19H,3,20H2,1-2H3,(H,33,36). The van der Waals surface area contributed by atoms with Crippen LogP contribution >= 0.6 is 11.6 Å². The van der Waals surface area contributed by atoms with Gasteiger partial charge < -0.3 is 9.88 Å². The summed E-state index contributed by atoms with van der Waals surface area (Å²) < 4.78 is 4.42. The molecule has 0 radical (unpaired) electrons. The lowest BCUT2D eigenvalue weighted by Crippen LogP contribution is -2.26. The second-order valence-corrected chi connectivity index (χ2v) is 8.96. The summed E-state index contributed by atoms with van der Waals surface area (Å²) in [4.78, 5) is 16.6. The molecular weight excluding hydrogens is 468 g/mol. The Morgan fingerprint density at radius 3 is 2.25 bits per heavy atom. The Bertz CT molecular complexity index is 1610. The van der Waals surface area contributed by atoms with Gasteiger partial charge in [0, 0.05) is 35.4 Å². The zero-order chi connectivity index (χ0) is 25.1. The van der Waals surface area contributed by atoms with Crippen LogP contribution in [0.5, 0.6) is 0 Å². The van der Waals surface area contributed by atoms with Gasteiger partial charge in [-0.25, -0.2) is 0 Å². The SMILES string of the molecule is CCN=c1n(Cc2ccccc2Cl)c2ccccc2n1-c1ccc(-c2ccccc2NC(C)=O)cc1. The molecule has 5 nitrogen and oxygen atoms in total. The van der Waals surface area contributed by atoms with E-state index in [1.54, 1.807) is 0 Å². The Morgan fingerprint density at radius 1 is 0.861 bits per heavy atom. The van der Waals surface area contributed by atoms with E-state index in [0.29, 0.717) is 13.1 Å². The minimum atomic E-state index is -0.0910. The third-order valence-electron chi connectivity index (χ3n) is 6.11. The van der Waals surface area contributed by atoms with Crippen LogP contribution in [0.15, 0.2) is 102 Å². The second-order valence-electron chi connectivity index (χ2n) is 8.55. The quantitative estimate of drug-likeness (QED) is 0.281. The Labute approximate surface area is 215 Å². The molecule has 0 aliphatic carbocycles. The molecule has 1 amide bonds. The molecule has 0 aliphatic heterocycles. The van der Waals surface area contributed by atoms with E-state index in [-0.39, 0.29) is 5.91 Å². The van der Waals surface area contributed by atoms with Crippen molar-refractivity contribution in [3.05, 3.63) is 113 Å². The van der Waals surface area contributed by atoms with Crippen molar-refractivity contribution < 1.29 is 4.79 Å². The predicted molar refractivity (Wildman–Crippen MR) is 148 cm³/mol. The van der Waals surface area contributed by atoms with Crippen LogP contribution in [0, 0.1) is 0 Å². The van der Waals surface area contributed by atoms with Crippen LogP contribution in [0.25, 0.3) is 27.8 Å². The molecule has 5 aromatic rings. The minimum absolute atomic E-state index is 0.0910. The molecule has 5 rings (SSSR count). The third kappa shape index (κ3) is 4.58. The summed E-state index contributed by atoms with van der Waals surface area (Å²) in [5, 5.41) is 3.67. The summed E-state index contributed by atoms with van der Waals surface area (Å²) in [7, 11) is 0. The number of hydrogen-bond acceptors (Lipinski definition) is 2. The zero-order valence-electron chi connectivity index (χ0n) is 20.3. The summed E-state index contributed by atoms with van der Waals surface area (Å²) >= 11 is 6.52. The van der Waals surface area contributed by atoms with Crippen LogP contribution < -0.4 is 10.9 Å². The summed E-state index contributed by atoms with van der Waals surface area (Å²) in [6.07, 6.45) is 0. The fraction of sp³-hybridized carbons (Fsp3) is 0.133. The number of para-hydroxylation sites is 3. The van der Waals surface area contributed by atoms with Gasteiger partial charge in [-0.2, -0.15) is 0 Å². The number of nitrogens with zero attached hydrogens (tertiary/aromatic N) is 3. The van der Waals surface area contributed by atoms with Crippen LogP contribution in [0.4, 0.5) is 5.69 Å². The van der Waals surface area contributed by atoms with Crippen molar-refractivity contribution >= 4 is 34.2 Å². The Hall–Kier alpha value is -4.09. The highest BCUT2D eigenvalue weighted by Crippen LogP contribution is 2.29. The molecule has 36 heavy (non-hydrogen) atoms. The number of halogens is 1. The van der Waals surface area contributed by atoms with Crippen molar-refractivity contribution in [2.24, 2.45) is 4.99 Å². The van der Waals surface area contributed by atoms with Gasteiger partial charge in [-0.15, -0.1) is 0 Å². The van der Waals surface area contributed by atoms with E-state index in [0.717, 1.165) is 49.7 Å². The highest BCUT2D eigenvalue weighted by Gasteiger charge is 2.15. The highest BCUT2D eigenvalue weighted by atomic mass is 35.5. The number of amides is 1. The number of rotatable bonds is 6. The number of carbonyl (C=O) groups excluding carboxylic acids is 1. The normalized spacial score (nSPS) is 11.7. The summed E-state index contributed by atoms with van der Waals surface area (Å²) in [5.74, 6) is -0.0910. The number of nitrogens with one attached hydrogen (secondary N) is 1. The van der Waals surface area contributed by atoms with Gasteiger partial charge in [0.2, 0.25) is 11.5 Å². The van der Waals surface area contributed by atoms with Gasteiger partial charge >= 0.3 is 0 Å². The van der Waals surface area contributed by atoms with Crippen molar-refractivity contribution in [1.29, 1.82) is 0 Å². The molecule has 0 saturated carbocycles. The van der Waals surface area contributed by atoms with Crippen LogP contribution in [0.2, 0.25) is 5.02 Å². The molecule has 0 atom stereocenters. The van der Waals surface area contributed by atoms with E-state index < -0.39 is 0 Å². The molecule has 0 aliphatic rings. The number of imidazole rings is 1. The first-order valence-electron chi connectivity index (χ1n) is 12.0. The zero-order valence-corrected chi connectivity index (χ0v) is 21.0. The Kier molecular flexibility index (Phi) is 6.74. The molecule has 0 spiro atoms. The van der Waals surface area contributed by atoms with E-state index in [4.69, 9.17) is 16.6 Å². The lowest BCUT2D eigenvalue weighted by atomic mass is 10.0. The molecule has 180 valence electrons. The van der Waals surface area contributed by atoms with Gasteiger partial charge in [0.25, 0.3) is 0 Å². The first-order chi connectivity index (χ1) is 17.6. The first kappa shape index (κ1) is 23.6. The third-order valence-corrected chi connectivity index (χ3v) is 6.48. The number of benzene rings is 4. The van der Waals surface area contributed by atoms with Crippen LogP contribution in [0.1, 0.15) is 19.4 Å². The summed E-state index contributed by atoms with van der Waals surface area (Å²) in [6, 6.07) is 32.5. The van der Waals surface area contributed by atoms with Gasteiger partial charge in [0.1, 0.15) is 0 Å². The van der Waals surface area contributed by atoms with Crippen LogP contribution in [-0.4, -0.2) is 21.6 Å². The van der Waals surface area contributed by atoms with Crippen LogP contribution in [0.3, 0.4) is 0 Å². The average molecular weight is 495 g/mol. The molecule has 1 aromatic heterocycles. The Morgan fingerprint density at radius 2 is 1.53 bits per heavy atom. The van der Waals surface area contributed by atoms with Crippen molar-refractivity contribution in [1.82, 2.24) is 9.13 Å². The predicted octanol–water partition coefficient (Wildman–Crippen LogP) is 6.68. The van der Waals surface area contributed by atoms with Crippen molar-refractivity contribution in [3.63, 3.8) is 0 Å². The Balaban J connectivity index is 1.65. The summed E-state index contributed by atoms with van der Waals surface area (Å²) in [6.45, 7) is 4.84. The lowest BCUT2D eigenvalue weighted by Gasteiger charge is -2.12. The maximum Gasteiger partial charge on any atom is 0.221 e. The highest BCUT2D eigenvalue weighted by molar-refractivity contribution is 6.31. The minimum Gasteiger partial charge on any atom is -0.326 e. The van der Waals surface area contributed by atoms with Gasteiger partial charge in [-0.1, -0.05) is 72.3 Å². The molecular formula is C30H27ClN4O. The van der Waals surface area contributed by atoms with E-state index in [9.17, 15) is 4.79 Å². The summed E-state index contributed by atoms with van der Waals surface area (Å²) in [5.41, 5.74) is 7.88. The van der Waals surface area contributed by atoms with Gasteiger partial charge in [0.15, 0.2) is 0 Å². The second kappa shape index (κ2) is 10.3. The van der Waals surface area contributed by atoms with Crippen molar-refractivity contribution in [3.8, 4) is 16.8 Å². The fourth-order valence-corrected chi connectivity index (χ4v) is 4.74. The molecule has 0 bridgehead atoms. The van der Waals surface area contributed by atoms with Crippen LogP contribution in [-0.2, 0) is 11.3 Å².